The predicted octanol–water partition coefficient (Wildman–Crippen LogP) is 1.25. The molecule has 7 atom stereocenters. The van der Waals surface area contributed by atoms with Crippen molar-refractivity contribution in [2.45, 2.75) is 163 Å². The first-order valence-electron chi connectivity index (χ1n) is 20.4. The van der Waals surface area contributed by atoms with Crippen LogP contribution in [0.2, 0.25) is 0 Å². The van der Waals surface area contributed by atoms with E-state index in [1.807, 2.05) is 19.9 Å². The Kier molecular flexibility index (Phi) is 23.1. The fraction of sp³-hybridized carbons (Fsp3) is 0.756. The first-order valence-corrected chi connectivity index (χ1v) is 20.4. The van der Waals surface area contributed by atoms with Crippen molar-refractivity contribution in [3.05, 3.63) is 0 Å². The van der Waals surface area contributed by atoms with E-state index in [1.54, 1.807) is 62.3 Å². The number of nitriles is 1. The Morgan fingerprint density at radius 3 is 1.41 bits per heavy atom. The number of amides is 7. The normalized spacial score (nSPS) is 15.3. The molecule has 0 aromatic carbocycles. The lowest BCUT2D eigenvalue weighted by atomic mass is 9.89. The van der Waals surface area contributed by atoms with Crippen LogP contribution in [-0.2, 0) is 52.6 Å². The summed E-state index contributed by atoms with van der Waals surface area (Å²) >= 11 is 0. The Balaban J connectivity index is 6.52. The summed E-state index contributed by atoms with van der Waals surface area (Å²) in [5.74, 6) is -8.61. The molecule has 0 saturated heterocycles. The quantitative estimate of drug-likeness (QED) is 0.0433. The van der Waals surface area contributed by atoms with Crippen molar-refractivity contribution in [2.24, 2.45) is 23.7 Å². The van der Waals surface area contributed by atoms with Gasteiger partial charge in [0.25, 0.3) is 5.91 Å². The molecule has 346 valence electrons. The third kappa shape index (κ3) is 18.8. The monoisotopic (exact) mass is 867 g/mol. The van der Waals surface area contributed by atoms with E-state index < -0.39 is 126 Å². The van der Waals surface area contributed by atoms with E-state index in [4.69, 9.17) is 14.2 Å². The highest BCUT2D eigenvalue weighted by Crippen LogP contribution is 2.20. The van der Waals surface area contributed by atoms with Gasteiger partial charge >= 0.3 is 18.0 Å². The van der Waals surface area contributed by atoms with Gasteiger partial charge in [0.05, 0.1) is 20.3 Å². The number of ether oxygens (including phenoxy) is 3. The fourth-order valence-corrected chi connectivity index (χ4v) is 5.82. The van der Waals surface area contributed by atoms with Crippen molar-refractivity contribution in [2.75, 3.05) is 14.2 Å². The van der Waals surface area contributed by atoms with Crippen molar-refractivity contribution >= 4 is 53.5 Å². The van der Waals surface area contributed by atoms with Crippen molar-refractivity contribution in [3.63, 3.8) is 0 Å². The Morgan fingerprint density at radius 1 is 0.574 bits per heavy atom. The van der Waals surface area contributed by atoms with Crippen LogP contribution in [0.1, 0.15) is 116 Å². The number of nitrogens with one attached hydrogen (secondary N) is 7. The van der Waals surface area contributed by atoms with Crippen LogP contribution in [0.4, 0.5) is 4.79 Å². The standard InChI is InChI=1S/C41H70N8O12/c1-21(2)19-27(45-31(50)25(9)44-35(54)30(24(7)8)48-39(58)61-40(11,12)13)33(52)49-41(17-16-18-42,38(57)60-15)37(56)47-29(23(5)6)34(53)43-26(10)32(51)46-28(20-22(3)4)36(55)59-14/h21-30H,16-17,19-20H2,1-15H3,(H,43,53)(H,44,54)(H,45,50)(H,46,51)(H,47,56)(H,48,58)(H,49,52)/t25-,26-,27-,28-,29-,30-,41?/m0/s1. The van der Waals surface area contributed by atoms with Gasteiger partial charge in [-0.3, -0.25) is 28.8 Å². The molecule has 0 aromatic heterocycles. The van der Waals surface area contributed by atoms with E-state index in [2.05, 4.69) is 37.2 Å². The lowest BCUT2D eigenvalue weighted by Crippen LogP contribution is -2.69. The number of carbonyl (C=O) groups is 9. The SMILES string of the molecule is COC(=O)[C@H](CC(C)C)NC(=O)[C@H](C)NC(=O)[C@@H](NC(=O)C(CCC#N)(NC(=O)[C@H](CC(C)C)NC(=O)[C@H](C)NC(=O)[C@@H](NC(=O)OC(C)(C)C)C(C)C)C(=O)OC)C(C)C. The molecule has 7 amide bonds. The fourth-order valence-electron chi connectivity index (χ4n) is 5.82. The average Bonchev–Trinajstić information content (AvgIpc) is 3.14. The van der Waals surface area contributed by atoms with Crippen molar-refractivity contribution < 1.29 is 57.4 Å². The summed E-state index contributed by atoms with van der Waals surface area (Å²) < 4.78 is 15.0. The number of carbonyl (C=O) groups excluding carboxylic acids is 9. The van der Waals surface area contributed by atoms with Crippen LogP contribution < -0.4 is 37.2 Å². The molecule has 1 unspecified atom stereocenters. The summed E-state index contributed by atoms with van der Waals surface area (Å²) in [4.78, 5) is 120. The summed E-state index contributed by atoms with van der Waals surface area (Å²) in [7, 11) is 2.13. The summed E-state index contributed by atoms with van der Waals surface area (Å²) in [5, 5.41) is 27.0. The molecule has 0 aromatic rings. The lowest BCUT2D eigenvalue weighted by molar-refractivity contribution is -0.158. The second-order valence-electron chi connectivity index (χ2n) is 17.5. The van der Waals surface area contributed by atoms with Gasteiger partial charge < -0.3 is 51.4 Å². The number of methoxy groups -OCH3 is 2. The van der Waals surface area contributed by atoms with Gasteiger partial charge in [0.1, 0.15) is 41.9 Å². The molecule has 0 saturated carbocycles. The van der Waals surface area contributed by atoms with Gasteiger partial charge in [-0.15, -0.1) is 0 Å². The minimum Gasteiger partial charge on any atom is -0.467 e. The molecular weight excluding hydrogens is 796 g/mol. The Labute approximate surface area is 359 Å². The zero-order valence-electron chi connectivity index (χ0n) is 38.4. The molecular formula is C41H70N8O12. The molecule has 0 radical (unpaired) electrons. The molecule has 0 bridgehead atoms. The number of esters is 2. The van der Waals surface area contributed by atoms with E-state index >= 15 is 0 Å². The first-order chi connectivity index (χ1) is 28.1. The summed E-state index contributed by atoms with van der Waals surface area (Å²) in [6, 6.07) is -5.52. The Bertz CT molecular complexity index is 1600. The minimum atomic E-state index is -2.60. The van der Waals surface area contributed by atoms with Crippen LogP contribution >= 0.6 is 0 Å². The van der Waals surface area contributed by atoms with Crippen LogP contribution in [0.5, 0.6) is 0 Å². The molecule has 0 aliphatic heterocycles. The van der Waals surface area contributed by atoms with Crippen molar-refractivity contribution in [1.82, 2.24) is 37.2 Å². The molecule has 0 aliphatic rings. The number of hydrogen-bond acceptors (Lipinski definition) is 13. The zero-order chi connectivity index (χ0) is 47.6. The number of alkyl carbamates (subject to hydrolysis) is 1. The molecule has 61 heavy (non-hydrogen) atoms. The minimum absolute atomic E-state index is 0.0125. The van der Waals surface area contributed by atoms with Crippen LogP contribution in [0.15, 0.2) is 0 Å². The van der Waals surface area contributed by atoms with E-state index in [1.165, 1.54) is 21.0 Å². The molecule has 0 heterocycles. The van der Waals surface area contributed by atoms with E-state index in [-0.39, 0.29) is 24.7 Å². The third-order valence-corrected chi connectivity index (χ3v) is 9.08. The van der Waals surface area contributed by atoms with Gasteiger partial charge in [-0.25, -0.2) is 14.4 Å². The van der Waals surface area contributed by atoms with Gasteiger partial charge in [0.2, 0.25) is 35.1 Å². The van der Waals surface area contributed by atoms with E-state index in [0.717, 1.165) is 7.11 Å². The third-order valence-electron chi connectivity index (χ3n) is 9.08. The average molecular weight is 867 g/mol. The number of rotatable bonds is 23. The molecule has 0 fully saturated rings. The highest BCUT2D eigenvalue weighted by molar-refractivity contribution is 6.11. The zero-order valence-corrected chi connectivity index (χ0v) is 38.4. The van der Waals surface area contributed by atoms with Crippen LogP contribution in [-0.4, -0.2) is 115 Å². The van der Waals surface area contributed by atoms with Gasteiger partial charge in [-0.2, -0.15) is 5.26 Å². The second-order valence-corrected chi connectivity index (χ2v) is 17.5. The highest BCUT2D eigenvalue weighted by Gasteiger charge is 2.50. The lowest BCUT2D eigenvalue weighted by Gasteiger charge is -2.34. The van der Waals surface area contributed by atoms with Gasteiger partial charge in [-0.05, 0) is 71.1 Å². The highest BCUT2D eigenvalue weighted by atomic mass is 16.6. The molecule has 20 heteroatoms. The van der Waals surface area contributed by atoms with E-state index in [9.17, 15) is 48.4 Å². The molecule has 0 rings (SSSR count). The van der Waals surface area contributed by atoms with Crippen LogP contribution in [0, 0.1) is 35.0 Å². The Morgan fingerprint density at radius 2 is 1.02 bits per heavy atom. The van der Waals surface area contributed by atoms with Crippen LogP contribution in [0.25, 0.3) is 0 Å². The summed E-state index contributed by atoms with van der Waals surface area (Å²) in [5.41, 5.74) is -3.43. The second kappa shape index (κ2) is 25.3. The van der Waals surface area contributed by atoms with Gasteiger partial charge in [0.15, 0.2) is 0 Å². The maximum Gasteiger partial charge on any atom is 0.408 e. The van der Waals surface area contributed by atoms with Crippen molar-refractivity contribution in [3.8, 4) is 6.07 Å². The van der Waals surface area contributed by atoms with Gasteiger partial charge in [-0.1, -0.05) is 55.4 Å². The summed E-state index contributed by atoms with van der Waals surface area (Å²) in [6.45, 7) is 21.4. The van der Waals surface area contributed by atoms with E-state index in [0.29, 0.717) is 0 Å². The van der Waals surface area contributed by atoms with Crippen LogP contribution in [0.3, 0.4) is 0 Å². The molecule has 7 N–H and O–H groups in total. The Hall–Kier alpha value is -5.48. The number of nitrogens with zero attached hydrogens (tertiary/aromatic N) is 1. The summed E-state index contributed by atoms with van der Waals surface area (Å²) in [6.07, 6.45) is -1.66. The topological polar surface area (TPSA) is 289 Å². The molecule has 0 aliphatic carbocycles. The maximum atomic E-state index is 14.2. The molecule has 0 spiro atoms. The van der Waals surface area contributed by atoms with Crippen molar-refractivity contribution in [1.29, 1.82) is 5.26 Å². The van der Waals surface area contributed by atoms with Gasteiger partial charge in [0, 0.05) is 12.8 Å². The maximum absolute atomic E-state index is 14.2. The first kappa shape index (κ1) is 55.5. The number of hydrogen-bond donors (Lipinski definition) is 7. The molecule has 20 nitrogen and oxygen atoms in total. The largest absolute Gasteiger partial charge is 0.467 e. The predicted molar refractivity (Wildman–Crippen MR) is 222 cm³/mol. The smallest absolute Gasteiger partial charge is 0.408 e.